The van der Waals surface area contributed by atoms with Gasteiger partial charge in [-0.05, 0) is 54.7 Å². The monoisotopic (exact) mass is 375 g/mol. The molecule has 4 heteroatoms. The van der Waals surface area contributed by atoms with E-state index < -0.39 is 0 Å². The normalized spacial score (nSPS) is 10.5. The first-order valence-electron chi connectivity index (χ1n) is 9.51. The molecular weight excluding hydrogens is 350 g/mol. The van der Waals surface area contributed by atoms with Crippen LogP contribution < -0.4 is 4.74 Å². The zero-order valence-corrected chi connectivity index (χ0v) is 16.1. The molecule has 4 nitrogen and oxygen atoms in total. The van der Waals surface area contributed by atoms with Gasteiger partial charge in [0.25, 0.3) is 0 Å². The molecule has 2 aromatic carbocycles. The van der Waals surface area contributed by atoms with E-state index in [1.165, 1.54) is 5.56 Å². The number of ether oxygens (including phenoxy) is 2. The van der Waals surface area contributed by atoms with Gasteiger partial charge in [0, 0.05) is 12.4 Å². The summed E-state index contributed by atoms with van der Waals surface area (Å²) >= 11 is 0. The third kappa shape index (κ3) is 6.54. The van der Waals surface area contributed by atoms with Crippen LogP contribution in [0.1, 0.15) is 28.7 Å². The molecule has 0 aliphatic heterocycles. The first kappa shape index (κ1) is 19.6. The van der Waals surface area contributed by atoms with E-state index in [-0.39, 0.29) is 12.4 Å². The number of hydrogen-bond donors (Lipinski definition) is 0. The van der Waals surface area contributed by atoms with Crippen LogP contribution in [0.25, 0.3) is 0 Å². The van der Waals surface area contributed by atoms with Crippen LogP contribution in [0.4, 0.5) is 0 Å². The lowest BCUT2D eigenvalue weighted by atomic mass is 10.1. The van der Waals surface area contributed by atoms with Gasteiger partial charge in [0.1, 0.15) is 12.4 Å². The summed E-state index contributed by atoms with van der Waals surface area (Å²) in [6, 6.07) is 19.8. The fraction of sp³-hybridized carbons (Fsp3) is 0.250. The van der Waals surface area contributed by atoms with Crippen LogP contribution in [-0.4, -0.2) is 17.6 Å². The molecule has 0 N–H and O–H groups in total. The molecule has 1 aromatic heterocycles. The number of pyridine rings is 1. The van der Waals surface area contributed by atoms with E-state index in [1.54, 1.807) is 6.20 Å². The van der Waals surface area contributed by atoms with Crippen LogP contribution in [0.15, 0.2) is 73.1 Å². The molecule has 0 saturated carbocycles. The summed E-state index contributed by atoms with van der Waals surface area (Å²) in [5.74, 6) is 0.533. The molecule has 0 unspecified atom stereocenters. The molecule has 0 atom stereocenters. The van der Waals surface area contributed by atoms with Gasteiger partial charge in [-0.2, -0.15) is 0 Å². The van der Waals surface area contributed by atoms with Crippen molar-refractivity contribution in [2.24, 2.45) is 0 Å². The quantitative estimate of drug-likeness (QED) is 0.402. The highest BCUT2D eigenvalue weighted by Crippen LogP contribution is 2.16. The molecule has 3 aromatic rings. The highest BCUT2D eigenvalue weighted by molar-refractivity contribution is 5.72. The SMILES string of the molecule is Cc1cccc(COc2cccc(CC(=O)OCCCc3cccnc3)c2)c1. The van der Waals surface area contributed by atoms with Gasteiger partial charge in [-0.3, -0.25) is 9.78 Å². The van der Waals surface area contributed by atoms with Gasteiger partial charge in [-0.15, -0.1) is 0 Å². The molecule has 0 saturated heterocycles. The summed E-state index contributed by atoms with van der Waals surface area (Å²) in [5, 5.41) is 0. The lowest BCUT2D eigenvalue weighted by molar-refractivity contribution is -0.142. The minimum atomic E-state index is -0.220. The summed E-state index contributed by atoms with van der Waals surface area (Å²) in [6.07, 6.45) is 5.47. The molecular formula is C24H25NO3. The number of aromatic nitrogens is 1. The first-order valence-corrected chi connectivity index (χ1v) is 9.51. The second-order valence-corrected chi connectivity index (χ2v) is 6.79. The molecule has 0 aliphatic rings. The smallest absolute Gasteiger partial charge is 0.310 e. The second-order valence-electron chi connectivity index (χ2n) is 6.79. The molecule has 0 bridgehead atoms. The Bertz CT molecular complexity index is 893. The molecule has 0 radical (unpaired) electrons. The van der Waals surface area contributed by atoms with Crippen LogP contribution >= 0.6 is 0 Å². The van der Waals surface area contributed by atoms with Crippen molar-refractivity contribution >= 4 is 5.97 Å². The van der Waals surface area contributed by atoms with Crippen LogP contribution in [0.3, 0.4) is 0 Å². The van der Waals surface area contributed by atoms with Gasteiger partial charge in [0.15, 0.2) is 0 Å². The number of rotatable bonds is 9. The standard InChI is InChI=1S/C24H25NO3/c1-19-6-2-8-22(14-19)18-28-23-11-3-7-21(15-23)16-24(26)27-13-5-10-20-9-4-12-25-17-20/h2-4,6-9,11-12,14-15,17H,5,10,13,16,18H2,1H3. The predicted molar refractivity (Wildman–Crippen MR) is 109 cm³/mol. The molecule has 0 spiro atoms. The number of nitrogens with zero attached hydrogens (tertiary/aromatic N) is 1. The maximum atomic E-state index is 12.1. The van der Waals surface area contributed by atoms with Crippen LogP contribution in [-0.2, 0) is 29.0 Å². The Morgan fingerprint density at radius 3 is 2.61 bits per heavy atom. The average Bonchev–Trinajstić information content (AvgIpc) is 2.71. The fourth-order valence-electron chi connectivity index (χ4n) is 2.94. The van der Waals surface area contributed by atoms with Gasteiger partial charge >= 0.3 is 5.97 Å². The van der Waals surface area contributed by atoms with E-state index in [1.807, 2.05) is 54.7 Å². The number of esters is 1. The molecule has 0 aliphatic carbocycles. The minimum Gasteiger partial charge on any atom is -0.489 e. The molecule has 1 heterocycles. The average molecular weight is 375 g/mol. The maximum Gasteiger partial charge on any atom is 0.310 e. The van der Waals surface area contributed by atoms with Crippen molar-refractivity contribution < 1.29 is 14.3 Å². The number of carbonyl (C=O) groups excluding carboxylic acids is 1. The molecule has 28 heavy (non-hydrogen) atoms. The Balaban J connectivity index is 1.42. The van der Waals surface area contributed by atoms with Gasteiger partial charge in [0.2, 0.25) is 0 Å². The third-order valence-electron chi connectivity index (χ3n) is 4.33. The highest BCUT2D eigenvalue weighted by Gasteiger charge is 2.06. The van der Waals surface area contributed by atoms with E-state index in [2.05, 4.69) is 24.0 Å². The van der Waals surface area contributed by atoms with Gasteiger partial charge < -0.3 is 9.47 Å². The number of aryl methyl sites for hydroxylation is 2. The van der Waals surface area contributed by atoms with Crippen molar-refractivity contribution in [1.29, 1.82) is 0 Å². The van der Waals surface area contributed by atoms with Crippen molar-refractivity contribution in [3.63, 3.8) is 0 Å². The lowest BCUT2D eigenvalue weighted by Gasteiger charge is -2.09. The largest absolute Gasteiger partial charge is 0.489 e. The Morgan fingerprint density at radius 2 is 1.79 bits per heavy atom. The Morgan fingerprint density at radius 1 is 0.964 bits per heavy atom. The molecule has 0 fully saturated rings. The first-order chi connectivity index (χ1) is 13.7. The molecule has 3 rings (SSSR count). The summed E-state index contributed by atoms with van der Waals surface area (Å²) in [6.45, 7) is 2.98. The Kier molecular flexibility index (Phi) is 7.19. The van der Waals surface area contributed by atoms with E-state index in [9.17, 15) is 4.79 Å². The highest BCUT2D eigenvalue weighted by atomic mass is 16.5. The zero-order valence-electron chi connectivity index (χ0n) is 16.1. The number of benzene rings is 2. The van der Waals surface area contributed by atoms with E-state index >= 15 is 0 Å². The van der Waals surface area contributed by atoms with Crippen molar-refractivity contribution in [3.8, 4) is 5.75 Å². The van der Waals surface area contributed by atoms with Crippen LogP contribution in [0.2, 0.25) is 0 Å². The van der Waals surface area contributed by atoms with Gasteiger partial charge in [-0.1, -0.05) is 48.0 Å². The second kappa shape index (κ2) is 10.3. The maximum absolute atomic E-state index is 12.1. The van der Waals surface area contributed by atoms with E-state index in [0.717, 1.165) is 35.3 Å². The van der Waals surface area contributed by atoms with E-state index in [4.69, 9.17) is 9.47 Å². The summed E-state index contributed by atoms with van der Waals surface area (Å²) in [4.78, 5) is 16.2. The minimum absolute atomic E-state index is 0.220. The van der Waals surface area contributed by atoms with Crippen molar-refractivity contribution in [3.05, 3.63) is 95.3 Å². The topological polar surface area (TPSA) is 48.4 Å². The van der Waals surface area contributed by atoms with E-state index in [0.29, 0.717) is 13.2 Å². The summed E-state index contributed by atoms with van der Waals surface area (Å²) in [7, 11) is 0. The Labute approximate surface area is 166 Å². The van der Waals surface area contributed by atoms with Crippen molar-refractivity contribution in [1.82, 2.24) is 4.98 Å². The molecule has 144 valence electrons. The summed E-state index contributed by atoms with van der Waals surface area (Å²) < 4.78 is 11.2. The number of hydrogen-bond acceptors (Lipinski definition) is 4. The lowest BCUT2D eigenvalue weighted by Crippen LogP contribution is -2.09. The third-order valence-corrected chi connectivity index (χ3v) is 4.33. The predicted octanol–water partition coefficient (Wildman–Crippen LogP) is 4.69. The molecule has 0 amide bonds. The van der Waals surface area contributed by atoms with Gasteiger partial charge in [0.05, 0.1) is 13.0 Å². The van der Waals surface area contributed by atoms with Crippen molar-refractivity contribution in [2.45, 2.75) is 32.8 Å². The van der Waals surface area contributed by atoms with Crippen molar-refractivity contribution in [2.75, 3.05) is 6.61 Å². The Hall–Kier alpha value is -3.14. The summed E-state index contributed by atoms with van der Waals surface area (Å²) in [5.41, 5.74) is 4.37. The van der Waals surface area contributed by atoms with Crippen LogP contribution in [0, 0.1) is 6.92 Å². The van der Waals surface area contributed by atoms with Crippen LogP contribution in [0.5, 0.6) is 5.75 Å². The zero-order chi connectivity index (χ0) is 19.6. The fourth-order valence-corrected chi connectivity index (χ4v) is 2.94. The van der Waals surface area contributed by atoms with Gasteiger partial charge in [-0.25, -0.2) is 0 Å². The number of carbonyl (C=O) groups is 1.